The van der Waals surface area contributed by atoms with Crippen LogP contribution < -0.4 is 4.90 Å². The highest BCUT2D eigenvalue weighted by molar-refractivity contribution is 5.31. The lowest BCUT2D eigenvalue weighted by atomic mass is 10.1. The van der Waals surface area contributed by atoms with Gasteiger partial charge in [-0.1, -0.05) is 30.3 Å². The van der Waals surface area contributed by atoms with Crippen molar-refractivity contribution in [1.82, 2.24) is 14.9 Å². The average Bonchev–Trinajstić information content (AvgIpc) is 2.55. The molecule has 4 heteroatoms. The lowest BCUT2D eigenvalue weighted by Gasteiger charge is -2.32. The molecule has 3 rings (SSSR count). The highest BCUT2D eigenvalue weighted by Gasteiger charge is 2.16. The van der Waals surface area contributed by atoms with Crippen molar-refractivity contribution in [3.05, 3.63) is 53.9 Å². The van der Waals surface area contributed by atoms with Crippen LogP contribution in [0.15, 0.2) is 42.6 Å². The van der Waals surface area contributed by atoms with E-state index in [0.717, 1.165) is 50.7 Å². The smallest absolute Gasteiger partial charge is 0.225 e. The average molecular weight is 282 g/mol. The third-order valence-corrected chi connectivity index (χ3v) is 4.00. The van der Waals surface area contributed by atoms with E-state index in [1.807, 2.05) is 12.3 Å². The molecule has 1 aliphatic rings. The fraction of sp³-hybridized carbons (Fsp3) is 0.412. The molecule has 1 aromatic carbocycles. The molecule has 110 valence electrons. The summed E-state index contributed by atoms with van der Waals surface area (Å²) in [5.74, 6) is 0.883. The Balaban J connectivity index is 1.63. The standard InChI is InChI=1S/C17H22N4/c1-20-11-13-21(14-12-20)17-18-10-9-16(19-17)8-7-15-5-3-2-4-6-15/h2-6,9-10H,7-8,11-14H2,1H3. The maximum absolute atomic E-state index is 4.73. The second-order valence-electron chi connectivity index (χ2n) is 5.62. The molecule has 0 unspecified atom stereocenters. The zero-order valence-electron chi connectivity index (χ0n) is 12.6. The molecular weight excluding hydrogens is 260 g/mol. The van der Waals surface area contributed by atoms with E-state index in [0.29, 0.717) is 0 Å². The SMILES string of the molecule is CN1CCN(c2nccc(CCc3ccccc3)n2)CC1. The Bertz CT molecular complexity index is 562. The largest absolute Gasteiger partial charge is 0.338 e. The number of anilines is 1. The van der Waals surface area contributed by atoms with Crippen LogP contribution >= 0.6 is 0 Å². The molecule has 4 nitrogen and oxygen atoms in total. The van der Waals surface area contributed by atoms with E-state index in [1.165, 1.54) is 5.56 Å². The molecule has 1 fully saturated rings. The predicted molar refractivity (Wildman–Crippen MR) is 85.6 cm³/mol. The molecule has 21 heavy (non-hydrogen) atoms. The molecule has 2 aromatic rings. The molecule has 0 atom stereocenters. The van der Waals surface area contributed by atoms with Gasteiger partial charge in [0.05, 0.1) is 0 Å². The number of nitrogens with zero attached hydrogens (tertiary/aromatic N) is 4. The highest BCUT2D eigenvalue weighted by atomic mass is 15.3. The summed E-state index contributed by atoms with van der Waals surface area (Å²) in [5, 5.41) is 0. The number of hydrogen-bond donors (Lipinski definition) is 0. The number of hydrogen-bond acceptors (Lipinski definition) is 4. The number of aromatic nitrogens is 2. The third-order valence-electron chi connectivity index (χ3n) is 4.00. The van der Waals surface area contributed by atoms with Crippen LogP contribution in [0.2, 0.25) is 0 Å². The number of likely N-dealkylation sites (N-methyl/N-ethyl adjacent to an activating group) is 1. The Morgan fingerprint density at radius 2 is 1.71 bits per heavy atom. The molecule has 0 aliphatic carbocycles. The molecule has 1 aromatic heterocycles. The normalized spacial score (nSPS) is 16.1. The van der Waals surface area contributed by atoms with Crippen LogP contribution in [0.4, 0.5) is 5.95 Å². The fourth-order valence-electron chi connectivity index (χ4n) is 2.60. The van der Waals surface area contributed by atoms with Crippen LogP contribution in [-0.2, 0) is 12.8 Å². The van der Waals surface area contributed by atoms with E-state index < -0.39 is 0 Å². The van der Waals surface area contributed by atoms with Crippen LogP contribution in [0.3, 0.4) is 0 Å². The summed E-state index contributed by atoms with van der Waals surface area (Å²) >= 11 is 0. The molecule has 0 spiro atoms. The first-order valence-corrected chi connectivity index (χ1v) is 7.60. The Labute approximate surface area is 126 Å². The van der Waals surface area contributed by atoms with E-state index in [9.17, 15) is 0 Å². The molecule has 1 saturated heterocycles. The number of aryl methyl sites for hydroxylation is 2. The summed E-state index contributed by atoms with van der Waals surface area (Å²) in [6, 6.07) is 12.6. The van der Waals surface area contributed by atoms with Gasteiger partial charge in [-0.2, -0.15) is 0 Å². The van der Waals surface area contributed by atoms with Gasteiger partial charge in [0.2, 0.25) is 5.95 Å². The van der Waals surface area contributed by atoms with Gasteiger partial charge in [-0.25, -0.2) is 9.97 Å². The van der Waals surface area contributed by atoms with E-state index in [2.05, 4.69) is 52.2 Å². The minimum atomic E-state index is 0.883. The molecule has 1 aliphatic heterocycles. The lowest BCUT2D eigenvalue weighted by Crippen LogP contribution is -2.45. The van der Waals surface area contributed by atoms with Gasteiger partial charge in [0.1, 0.15) is 0 Å². The summed E-state index contributed by atoms with van der Waals surface area (Å²) in [6.07, 6.45) is 3.88. The molecule has 0 amide bonds. The first kappa shape index (κ1) is 14.0. The van der Waals surface area contributed by atoms with Gasteiger partial charge in [-0.15, -0.1) is 0 Å². The van der Waals surface area contributed by atoms with Crippen molar-refractivity contribution in [3.63, 3.8) is 0 Å². The third kappa shape index (κ3) is 3.79. The van der Waals surface area contributed by atoms with E-state index in [1.54, 1.807) is 0 Å². The van der Waals surface area contributed by atoms with Gasteiger partial charge < -0.3 is 9.80 Å². The number of benzene rings is 1. The van der Waals surface area contributed by atoms with Gasteiger partial charge in [0.15, 0.2) is 0 Å². The fourth-order valence-corrected chi connectivity index (χ4v) is 2.60. The van der Waals surface area contributed by atoms with Crippen molar-refractivity contribution in [3.8, 4) is 0 Å². The second kappa shape index (κ2) is 6.68. The monoisotopic (exact) mass is 282 g/mol. The van der Waals surface area contributed by atoms with Crippen LogP contribution in [0, 0.1) is 0 Å². The Hall–Kier alpha value is -1.94. The van der Waals surface area contributed by atoms with Gasteiger partial charge >= 0.3 is 0 Å². The zero-order valence-corrected chi connectivity index (χ0v) is 12.6. The minimum absolute atomic E-state index is 0.883. The highest BCUT2D eigenvalue weighted by Crippen LogP contribution is 2.12. The van der Waals surface area contributed by atoms with Crippen molar-refractivity contribution in [2.24, 2.45) is 0 Å². The van der Waals surface area contributed by atoms with Gasteiger partial charge in [-0.05, 0) is 31.5 Å². The quantitative estimate of drug-likeness (QED) is 0.859. The van der Waals surface area contributed by atoms with Crippen LogP contribution in [-0.4, -0.2) is 48.1 Å². The zero-order chi connectivity index (χ0) is 14.5. The lowest BCUT2D eigenvalue weighted by molar-refractivity contribution is 0.311. The first-order chi connectivity index (χ1) is 10.3. The molecule has 0 radical (unpaired) electrons. The van der Waals surface area contributed by atoms with E-state index >= 15 is 0 Å². The van der Waals surface area contributed by atoms with Crippen LogP contribution in [0.1, 0.15) is 11.3 Å². The molecular formula is C17H22N4. The Kier molecular flexibility index (Phi) is 4.46. The van der Waals surface area contributed by atoms with Crippen molar-refractivity contribution < 1.29 is 0 Å². The summed E-state index contributed by atoms with van der Waals surface area (Å²) in [5.41, 5.74) is 2.49. The Morgan fingerprint density at radius 3 is 2.48 bits per heavy atom. The maximum atomic E-state index is 4.73. The van der Waals surface area contributed by atoms with Gasteiger partial charge in [-0.3, -0.25) is 0 Å². The molecule has 0 bridgehead atoms. The molecule has 2 heterocycles. The summed E-state index contributed by atoms with van der Waals surface area (Å²) < 4.78 is 0. The summed E-state index contributed by atoms with van der Waals surface area (Å²) in [7, 11) is 2.16. The van der Waals surface area contributed by atoms with Crippen molar-refractivity contribution in [2.75, 3.05) is 38.1 Å². The van der Waals surface area contributed by atoms with E-state index in [-0.39, 0.29) is 0 Å². The predicted octanol–water partition coefficient (Wildman–Crippen LogP) is 2.01. The topological polar surface area (TPSA) is 32.3 Å². The van der Waals surface area contributed by atoms with Crippen LogP contribution in [0.25, 0.3) is 0 Å². The van der Waals surface area contributed by atoms with Crippen molar-refractivity contribution >= 4 is 5.95 Å². The van der Waals surface area contributed by atoms with E-state index in [4.69, 9.17) is 4.98 Å². The van der Waals surface area contributed by atoms with Gasteiger partial charge in [0.25, 0.3) is 0 Å². The maximum Gasteiger partial charge on any atom is 0.225 e. The summed E-state index contributed by atoms with van der Waals surface area (Å²) in [6.45, 7) is 4.19. The first-order valence-electron chi connectivity index (χ1n) is 7.60. The minimum Gasteiger partial charge on any atom is -0.338 e. The van der Waals surface area contributed by atoms with Gasteiger partial charge in [0, 0.05) is 38.1 Å². The Morgan fingerprint density at radius 1 is 0.952 bits per heavy atom. The van der Waals surface area contributed by atoms with Crippen LogP contribution in [0.5, 0.6) is 0 Å². The van der Waals surface area contributed by atoms with Crippen molar-refractivity contribution in [1.29, 1.82) is 0 Å². The number of rotatable bonds is 4. The summed E-state index contributed by atoms with van der Waals surface area (Å²) in [4.78, 5) is 13.8. The molecule has 0 N–H and O–H groups in total. The second-order valence-corrected chi connectivity index (χ2v) is 5.62. The molecule has 0 saturated carbocycles. The van der Waals surface area contributed by atoms with Crippen molar-refractivity contribution in [2.45, 2.75) is 12.8 Å². The number of piperazine rings is 1.